The molecule has 84 valence electrons. The summed E-state index contributed by atoms with van der Waals surface area (Å²) < 4.78 is 0.906. The average Bonchev–Trinajstić information content (AvgIpc) is 2.29. The molecule has 0 fully saturated rings. The van der Waals surface area contributed by atoms with Crippen molar-refractivity contribution in [3.63, 3.8) is 0 Å². The summed E-state index contributed by atoms with van der Waals surface area (Å²) >= 11 is 8.14. The summed E-state index contributed by atoms with van der Waals surface area (Å²) in [6, 6.07) is 8.99. The number of hydrogen-bond acceptors (Lipinski definition) is 4. The summed E-state index contributed by atoms with van der Waals surface area (Å²) in [4.78, 5) is 17.9. The molecule has 0 aliphatic heterocycles. The topological polar surface area (TPSA) is 69.5 Å². The van der Waals surface area contributed by atoms with Gasteiger partial charge in [0.15, 0.2) is 0 Å². The van der Waals surface area contributed by atoms with E-state index in [-0.39, 0.29) is 10.7 Å². The van der Waals surface area contributed by atoms with Crippen molar-refractivity contribution in [1.29, 1.82) is 5.26 Å². The molecule has 0 saturated heterocycles. The minimum atomic E-state index is -0.509. The highest BCUT2D eigenvalue weighted by Gasteiger charge is 2.10. The Labute approximate surface area is 111 Å². The van der Waals surface area contributed by atoms with Gasteiger partial charge in [-0.05, 0) is 17.3 Å². The van der Waals surface area contributed by atoms with Gasteiger partial charge >= 0.3 is 0 Å². The third-order valence-electron chi connectivity index (χ3n) is 2.13. The molecule has 17 heavy (non-hydrogen) atoms. The third kappa shape index (κ3) is 2.35. The van der Waals surface area contributed by atoms with E-state index in [1.807, 2.05) is 18.2 Å². The molecule has 0 atom stereocenters. The maximum Gasteiger partial charge on any atom is 0.268 e. The summed E-state index contributed by atoms with van der Waals surface area (Å²) in [5, 5.41) is 9.03. The van der Waals surface area contributed by atoms with Gasteiger partial charge in [0.1, 0.15) is 11.6 Å². The monoisotopic (exact) mass is 306 g/mol. The summed E-state index contributed by atoms with van der Waals surface area (Å²) in [5.41, 5.74) is 0.460. The van der Waals surface area contributed by atoms with Crippen LogP contribution in [0.25, 0.3) is 11.3 Å². The fourth-order valence-electron chi connectivity index (χ4n) is 1.37. The van der Waals surface area contributed by atoms with Crippen LogP contribution in [0.3, 0.4) is 0 Å². The van der Waals surface area contributed by atoms with Gasteiger partial charge in [0, 0.05) is 10.0 Å². The number of nitrogens with zero attached hydrogens (tertiary/aromatic N) is 2. The fourth-order valence-corrected chi connectivity index (χ4v) is 1.82. The second kappa shape index (κ2) is 4.65. The van der Waals surface area contributed by atoms with Crippen molar-refractivity contribution < 1.29 is 0 Å². The van der Waals surface area contributed by atoms with E-state index >= 15 is 0 Å². The van der Waals surface area contributed by atoms with Crippen molar-refractivity contribution in [3.05, 3.63) is 44.7 Å². The van der Waals surface area contributed by atoms with Crippen molar-refractivity contribution in [2.75, 3.05) is 0 Å². The minimum Gasteiger partial charge on any atom is -0.742 e. The summed E-state index contributed by atoms with van der Waals surface area (Å²) in [5.74, 6) is 0. The molecular formula is C11H5BrN3OS-. The molecule has 0 amide bonds. The maximum atomic E-state index is 11.5. The lowest BCUT2D eigenvalue weighted by Gasteiger charge is -2.08. The molecular weight excluding hydrogens is 302 g/mol. The summed E-state index contributed by atoms with van der Waals surface area (Å²) in [7, 11) is 0. The first-order valence-electron chi connectivity index (χ1n) is 4.59. The van der Waals surface area contributed by atoms with E-state index in [4.69, 9.17) is 17.9 Å². The molecule has 6 heteroatoms. The molecule has 0 saturated carbocycles. The number of nitrogens with one attached hydrogen (secondary N) is 1. The van der Waals surface area contributed by atoms with Crippen LogP contribution in [-0.2, 0) is 12.6 Å². The molecule has 1 heterocycles. The second-order valence-electron chi connectivity index (χ2n) is 3.21. The van der Waals surface area contributed by atoms with Crippen molar-refractivity contribution in [1.82, 2.24) is 9.97 Å². The highest BCUT2D eigenvalue weighted by molar-refractivity contribution is 9.10. The van der Waals surface area contributed by atoms with Gasteiger partial charge in [0.2, 0.25) is 0 Å². The predicted octanol–water partition coefficient (Wildman–Crippen LogP) is 1.98. The largest absolute Gasteiger partial charge is 0.742 e. The van der Waals surface area contributed by atoms with Gasteiger partial charge in [-0.3, -0.25) is 9.78 Å². The van der Waals surface area contributed by atoms with Gasteiger partial charge in [0.25, 0.3) is 5.56 Å². The molecule has 1 aromatic heterocycles. The van der Waals surface area contributed by atoms with Gasteiger partial charge in [0.05, 0.1) is 5.69 Å². The zero-order valence-electron chi connectivity index (χ0n) is 8.40. The quantitative estimate of drug-likeness (QED) is 0.646. The molecule has 1 aromatic carbocycles. The van der Waals surface area contributed by atoms with Gasteiger partial charge in [-0.25, -0.2) is 0 Å². The molecule has 2 aromatic rings. The predicted molar refractivity (Wildman–Crippen MR) is 68.3 cm³/mol. The first kappa shape index (κ1) is 11.8. The summed E-state index contributed by atoms with van der Waals surface area (Å²) in [6.07, 6.45) is 0. The third-order valence-corrected chi connectivity index (χ3v) is 2.85. The Hall–Kier alpha value is -1.71. The van der Waals surface area contributed by atoms with Crippen LogP contribution in [0.2, 0.25) is 0 Å². The number of halogens is 1. The number of aromatic nitrogens is 2. The molecule has 0 radical (unpaired) electrons. The van der Waals surface area contributed by atoms with Crippen molar-refractivity contribution in [3.8, 4) is 17.3 Å². The van der Waals surface area contributed by atoms with E-state index in [0.29, 0.717) is 11.3 Å². The van der Waals surface area contributed by atoms with Crippen LogP contribution in [0.4, 0.5) is 0 Å². The number of benzene rings is 1. The summed E-state index contributed by atoms with van der Waals surface area (Å²) in [6.45, 7) is 0. The van der Waals surface area contributed by atoms with Gasteiger partial charge in [-0.1, -0.05) is 28.1 Å². The van der Waals surface area contributed by atoms with Crippen LogP contribution in [0.15, 0.2) is 38.7 Å². The van der Waals surface area contributed by atoms with Crippen LogP contribution in [0.5, 0.6) is 0 Å². The maximum absolute atomic E-state index is 11.5. The second-order valence-corrected chi connectivity index (χ2v) is 4.52. The Morgan fingerprint density at radius 1 is 1.35 bits per heavy atom. The normalized spacial score (nSPS) is 9.88. The fraction of sp³-hybridized carbons (Fsp3) is 0. The van der Waals surface area contributed by atoms with E-state index in [1.54, 1.807) is 12.1 Å². The zero-order chi connectivity index (χ0) is 12.4. The Balaban J connectivity index is 2.71. The van der Waals surface area contributed by atoms with E-state index in [2.05, 4.69) is 25.9 Å². The minimum absolute atomic E-state index is 0.0269. The lowest BCUT2D eigenvalue weighted by molar-refractivity contribution is 0.940. The molecule has 0 aliphatic carbocycles. The van der Waals surface area contributed by atoms with Crippen molar-refractivity contribution >= 4 is 28.6 Å². The van der Waals surface area contributed by atoms with E-state index in [0.717, 1.165) is 4.47 Å². The van der Waals surface area contributed by atoms with Crippen LogP contribution in [0, 0.1) is 11.3 Å². The highest BCUT2D eigenvalue weighted by Crippen LogP contribution is 2.21. The lowest BCUT2D eigenvalue weighted by atomic mass is 10.1. The molecule has 4 nitrogen and oxygen atoms in total. The van der Waals surface area contributed by atoms with Crippen LogP contribution < -0.4 is 5.56 Å². The SMILES string of the molecule is N#Cc1c(-c2ccc(Br)cc2)nc([S-])[nH]c1=O. The number of nitriles is 1. The van der Waals surface area contributed by atoms with Crippen molar-refractivity contribution in [2.45, 2.75) is 5.16 Å². The Kier molecular flexibility index (Phi) is 3.22. The Bertz CT molecular complexity index is 658. The van der Waals surface area contributed by atoms with Crippen LogP contribution >= 0.6 is 15.9 Å². The standard InChI is InChI=1S/C11H6BrN3OS/c12-7-3-1-6(2-4-7)9-8(5-13)10(16)15-11(17)14-9/h1-4H,(H2,14,15,16,17)/p-1. The molecule has 0 bridgehead atoms. The highest BCUT2D eigenvalue weighted by atomic mass is 79.9. The van der Waals surface area contributed by atoms with Crippen molar-refractivity contribution in [2.24, 2.45) is 0 Å². The van der Waals surface area contributed by atoms with E-state index in [9.17, 15) is 4.79 Å². The van der Waals surface area contributed by atoms with Crippen LogP contribution in [-0.4, -0.2) is 9.97 Å². The van der Waals surface area contributed by atoms with E-state index in [1.165, 1.54) is 0 Å². The average molecular weight is 307 g/mol. The Morgan fingerprint density at radius 3 is 2.59 bits per heavy atom. The van der Waals surface area contributed by atoms with E-state index < -0.39 is 5.56 Å². The molecule has 0 aliphatic rings. The van der Waals surface area contributed by atoms with Gasteiger partial charge in [-0.2, -0.15) is 5.26 Å². The smallest absolute Gasteiger partial charge is 0.268 e. The van der Waals surface area contributed by atoms with Gasteiger partial charge in [-0.15, -0.1) is 0 Å². The number of hydrogen-bond donors (Lipinski definition) is 1. The first-order chi connectivity index (χ1) is 8.11. The lowest BCUT2D eigenvalue weighted by Crippen LogP contribution is -2.14. The van der Waals surface area contributed by atoms with Gasteiger partial charge < -0.3 is 17.6 Å². The molecule has 2 rings (SSSR count). The first-order valence-corrected chi connectivity index (χ1v) is 5.79. The van der Waals surface area contributed by atoms with Crippen LogP contribution in [0.1, 0.15) is 5.56 Å². The number of rotatable bonds is 1. The number of aromatic amines is 1. The number of H-pyrrole nitrogens is 1. The molecule has 0 unspecified atom stereocenters. The molecule has 1 N–H and O–H groups in total. The molecule has 0 spiro atoms. The Morgan fingerprint density at radius 2 is 2.00 bits per heavy atom. The zero-order valence-corrected chi connectivity index (χ0v) is 10.8.